The van der Waals surface area contributed by atoms with Crippen LogP contribution in [-0.4, -0.2) is 58.7 Å². The highest BCUT2D eigenvalue weighted by Crippen LogP contribution is 2.38. The van der Waals surface area contributed by atoms with Gasteiger partial charge in [-0.15, -0.1) is 0 Å². The Hall–Kier alpha value is -2.75. The van der Waals surface area contributed by atoms with Crippen LogP contribution in [0, 0.1) is 0 Å². The van der Waals surface area contributed by atoms with E-state index < -0.39 is 35.0 Å². The number of nitrogen functional groups attached to an aromatic ring is 1. The molecule has 1 saturated heterocycles. The SMILES string of the molecule is C=Cc1c(N)c(C(=O)O)cc(C(F)(F)F)c1CN1CCC[C@H](N(C)C(=O)OC(C)(C)C)C1. The minimum atomic E-state index is -4.77. The minimum absolute atomic E-state index is 0.0418. The molecule has 1 aromatic carbocycles. The van der Waals surface area contributed by atoms with Gasteiger partial charge < -0.3 is 20.5 Å². The predicted molar refractivity (Wildman–Crippen MR) is 115 cm³/mol. The second-order valence-corrected chi connectivity index (χ2v) is 8.91. The van der Waals surface area contributed by atoms with Crippen molar-refractivity contribution in [2.24, 2.45) is 0 Å². The third-order valence-corrected chi connectivity index (χ3v) is 5.35. The standard InChI is InChI=1S/C22H30F3N3O4/c1-6-14-16(17(22(23,24)25)10-15(18(14)26)19(29)30)12-28-9-7-8-13(11-28)27(5)20(31)32-21(2,3)4/h6,10,13H,1,7-9,11-12,26H2,2-5H3,(H,29,30)/t13-/m0/s1. The molecule has 1 fully saturated rings. The molecule has 1 aliphatic rings. The fourth-order valence-corrected chi connectivity index (χ4v) is 3.79. The maximum absolute atomic E-state index is 13.8. The quantitative estimate of drug-likeness (QED) is 0.634. The molecule has 32 heavy (non-hydrogen) atoms. The van der Waals surface area contributed by atoms with Gasteiger partial charge in [0.2, 0.25) is 0 Å². The van der Waals surface area contributed by atoms with Gasteiger partial charge in [0.15, 0.2) is 0 Å². The largest absolute Gasteiger partial charge is 0.478 e. The van der Waals surface area contributed by atoms with E-state index in [1.54, 1.807) is 32.7 Å². The maximum Gasteiger partial charge on any atom is 0.416 e. The molecule has 0 saturated carbocycles. The van der Waals surface area contributed by atoms with Gasteiger partial charge in [0.25, 0.3) is 0 Å². The normalized spacial score (nSPS) is 17.7. The number of likely N-dealkylation sites (tertiary alicyclic amines) is 1. The molecule has 0 bridgehead atoms. The van der Waals surface area contributed by atoms with Crippen LogP contribution in [0.25, 0.3) is 6.08 Å². The molecule has 10 heteroatoms. The molecule has 1 aliphatic heterocycles. The van der Waals surface area contributed by atoms with Crippen molar-refractivity contribution in [2.75, 3.05) is 25.9 Å². The van der Waals surface area contributed by atoms with E-state index in [0.29, 0.717) is 32.0 Å². The number of hydrogen-bond donors (Lipinski definition) is 2. The molecule has 0 aromatic heterocycles. The molecule has 0 aliphatic carbocycles. The van der Waals surface area contributed by atoms with Gasteiger partial charge in [0, 0.05) is 31.7 Å². The number of carbonyl (C=O) groups is 2. The lowest BCUT2D eigenvalue weighted by Crippen LogP contribution is -2.49. The Morgan fingerprint density at radius 3 is 2.50 bits per heavy atom. The summed E-state index contributed by atoms with van der Waals surface area (Å²) in [7, 11) is 1.61. The third-order valence-electron chi connectivity index (χ3n) is 5.35. The summed E-state index contributed by atoms with van der Waals surface area (Å²) in [5.41, 5.74) is 3.12. The first-order valence-corrected chi connectivity index (χ1v) is 10.2. The van der Waals surface area contributed by atoms with Crippen LogP contribution in [0.1, 0.15) is 60.7 Å². The van der Waals surface area contributed by atoms with E-state index in [-0.39, 0.29) is 29.4 Å². The highest BCUT2D eigenvalue weighted by atomic mass is 19.4. The number of likely N-dealkylation sites (N-methyl/N-ethyl adjacent to an activating group) is 1. The summed E-state index contributed by atoms with van der Waals surface area (Å²) in [4.78, 5) is 27.1. The summed E-state index contributed by atoms with van der Waals surface area (Å²) < 4.78 is 46.8. The monoisotopic (exact) mass is 457 g/mol. The summed E-state index contributed by atoms with van der Waals surface area (Å²) >= 11 is 0. The van der Waals surface area contributed by atoms with Crippen LogP contribution in [-0.2, 0) is 17.5 Å². The van der Waals surface area contributed by atoms with Crippen molar-refractivity contribution in [1.82, 2.24) is 9.80 Å². The van der Waals surface area contributed by atoms with Crippen LogP contribution < -0.4 is 5.73 Å². The molecule has 2 rings (SSSR count). The Labute approximate surface area is 185 Å². The molecule has 1 heterocycles. The highest BCUT2D eigenvalue weighted by Gasteiger charge is 2.37. The van der Waals surface area contributed by atoms with Gasteiger partial charge in [-0.3, -0.25) is 4.90 Å². The number of nitrogens with zero attached hydrogens (tertiary/aromatic N) is 2. The van der Waals surface area contributed by atoms with Gasteiger partial charge in [-0.25, -0.2) is 9.59 Å². The van der Waals surface area contributed by atoms with Crippen molar-refractivity contribution < 1.29 is 32.6 Å². The molecule has 1 atom stereocenters. The average molecular weight is 457 g/mol. The molecular formula is C22H30F3N3O4. The summed E-state index contributed by atoms with van der Waals surface area (Å²) in [6.45, 7) is 9.56. The number of alkyl halides is 3. The summed E-state index contributed by atoms with van der Waals surface area (Å²) in [5.74, 6) is -1.54. The molecule has 0 unspecified atom stereocenters. The first kappa shape index (κ1) is 25.5. The average Bonchev–Trinajstić information content (AvgIpc) is 2.65. The number of anilines is 1. The lowest BCUT2D eigenvalue weighted by molar-refractivity contribution is -0.138. The number of nitrogens with two attached hydrogens (primary N) is 1. The van der Waals surface area contributed by atoms with E-state index in [0.717, 1.165) is 6.08 Å². The second kappa shape index (κ2) is 9.40. The maximum atomic E-state index is 13.8. The number of ether oxygens (including phenoxy) is 1. The van der Waals surface area contributed by atoms with Crippen LogP contribution in [0.5, 0.6) is 0 Å². The van der Waals surface area contributed by atoms with E-state index in [2.05, 4.69) is 6.58 Å². The molecular weight excluding hydrogens is 427 g/mol. The van der Waals surface area contributed by atoms with E-state index >= 15 is 0 Å². The number of aromatic carboxylic acids is 1. The Balaban J connectivity index is 2.35. The van der Waals surface area contributed by atoms with Gasteiger partial charge in [0.1, 0.15) is 5.60 Å². The van der Waals surface area contributed by atoms with Crippen molar-refractivity contribution in [2.45, 2.75) is 58.0 Å². The van der Waals surface area contributed by atoms with Crippen molar-refractivity contribution in [3.8, 4) is 0 Å². The lowest BCUT2D eigenvalue weighted by Gasteiger charge is -2.38. The predicted octanol–water partition coefficient (Wildman–Crippen LogP) is 4.46. The number of halogens is 3. The number of piperidine rings is 1. The number of hydrogen-bond acceptors (Lipinski definition) is 5. The van der Waals surface area contributed by atoms with Gasteiger partial charge in [-0.05, 0) is 51.8 Å². The molecule has 7 nitrogen and oxygen atoms in total. The Morgan fingerprint density at radius 1 is 1.38 bits per heavy atom. The van der Waals surface area contributed by atoms with Gasteiger partial charge in [-0.1, -0.05) is 12.7 Å². The fraction of sp³-hybridized carbons (Fsp3) is 0.545. The number of carboxylic acid groups (broad SMARTS) is 1. The van der Waals surface area contributed by atoms with Crippen molar-refractivity contribution in [1.29, 1.82) is 0 Å². The van der Waals surface area contributed by atoms with E-state index in [1.165, 1.54) is 4.90 Å². The Morgan fingerprint density at radius 2 is 2.00 bits per heavy atom. The molecule has 1 aromatic rings. The highest BCUT2D eigenvalue weighted by molar-refractivity contribution is 5.96. The van der Waals surface area contributed by atoms with Crippen LogP contribution in [0.3, 0.4) is 0 Å². The molecule has 3 N–H and O–H groups in total. The van der Waals surface area contributed by atoms with Crippen molar-refractivity contribution >= 4 is 23.8 Å². The zero-order valence-electron chi connectivity index (χ0n) is 18.8. The van der Waals surface area contributed by atoms with Crippen LogP contribution in [0.4, 0.5) is 23.7 Å². The molecule has 0 radical (unpaired) electrons. The lowest BCUT2D eigenvalue weighted by atomic mass is 9.93. The fourth-order valence-electron chi connectivity index (χ4n) is 3.79. The zero-order chi connectivity index (χ0) is 24.4. The smallest absolute Gasteiger partial charge is 0.416 e. The summed E-state index contributed by atoms with van der Waals surface area (Å²) in [5, 5.41) is 9.28. The van der Waals surface area contributed by atoms with E-state index in [1.807, 2.05) is 0 Å². The number of amides is 1. The Bertz CT molecular complexity index is 894. The molecule has 1 amide bonds. The number of rotatable bonds is 5. The van der Waals surface area contributed by atoms with E-state index in [9.17, 15) is 27.9 Å². The minimum Gasteiger partial charge on any atom is -0.478 e. The number of carboxylic acids is 1. The van der Waals surface area contributed by atoms with Gasteiger partial charge >= 0.3 is 18.2 Å². The molecule has 0 spiro atoms. The first-order chi connectivity index (χ1) is 14.7. The summed E-state index contributed by atoms with van der Waals surface area (Å²) in [6, 6.07) is 0.338. The first-order valence-electron chi connectivity index (χ1n) is 10.2. The number of benzene rings is 1. The molecule has 178 valence electrons. The van der Waals surface area contributed by atoms with Crippen LogP contribution in [0.2, 0.25) is 0 Å². The van der Waals surface area contributed by atoms with Crippen LogP contribution >= 0.6 is 0 Å². The second-order valence-electron chi connectivity index (χ2n) is 8.91. The van der Waals surface area contributed by atoms with E-state index in [4.69, 9.17) is 10.5 Å². The third kappa shape index (κ3) is 5.93. The summed E-state index contributed by atoms with van der Waals surface area (Å²) in [6.07, 6.45) is -2.76. The number of carbonyl (C=O) groups excluding carboxylic acids is 1. The Kier molecular flexibility index (Phi) is 7.49. The van der Waals surface area contributed by atoms with Gasteiger partial charge in [-0.2, -0.15) is 13.2 Å². The van der Waals surface area contributed by atoms with Crippen LogP contribution in [0.15, 0.2) is 12.6 Å². The topological polar surface area (TPSA) is 96.1 Å². The van der Waals surface area contributed by atoms with Gasteiger partial charge in [0.05, 0.1) is 16.8 Å². The zero-order valence-corrected chi connectivity index (χ0v) is 18.8. The van der Waals surface area contributed by atoms with Crippen molar-refractivity contribution in [3.63, 3.8) is 0 Å². The van der Waals surface area contributed by atoms with Crippen molar-refractivity contribution in [3.05, 3.63) is 34.9 Å².